The van der Waals surface area contributed by atoms with Gasteiger partial charge < -0.3 is 15.2 Å². The minimum absolute atomic E-state index is 0.0195. The molecule has 3 N–H and O–H groups in total. The molecular weight excluding hydrogens is 332 g/mol. The molecule has 6 heteroatoms. The van der Waals surface area contributed by atoms with Crippen LogP contribution in [0, 0.1) is 5.92 Å². The molecule has 3 rings (SSSR count). The number of carbonyl (C=O) groups is 2. The summed E-state index contributed by atoms with van der Waals surface area (Å²) in [6.07, 6.45) is 3.76. The Labute approximate surface area is 154 Å². The molecule has 0 radical (unpaired) electrons. The van der Waals surface area contributed by atoms with Gasteiger partial charge in [0.05, 0.1) is 13.0 Å². The van der Waals surface area contributed by atoms with Gasteiger partial charge in [-0.05, 0) is 49.7 Å². The van der Waals surface area contributed by atoms with E-state index in [0.29, 0.717) is 12.5 Å². The summed E-state index contributed by atoms with van der Waals surface area (Å²) in [5, 5.41) is 15.7. The van der Waals surface area contributed by atoms with Gasteiger partial charge >= 0.3 is 11.9 Å². The summed E-state index contributed by atoms with van der Waals surface area (Å²) < 4.78 is 4.86. The number of piperazine rings is 1. The molecular formula is C20H28N2O4. The summed E-state index contributed by atoms with van der Waals surface area (Å²) in [7, 11) is 1.46. The molecule has 3 atom stereocenters. The molecule has 0 spiro atoms. The Bertz CT molecular complexity index is 638. The zero-order chi connectivity index (χ0) is 18.7. The van der Waals surface area contributed by atoms with E-state index >= 15 is 0 Å². The minimum Gasteiger partial charge on any atom is -0.480 e. The van der Waals surface area contributed by atoms with Crippen LogP contribution < -0.4 is 10.6 Å². The number of carbonyl (C=O) groups excluding carboxylic acids is 1. The monoisotopic (exact) mass is 360 g/mol. The van der Waals surface area contributed by atoms with Crippen molar-refractivity contribution in [1.29, 1.82) is 0 Å². The van der Waals surface area contributed by atoms with Gasteiger partial charge in [0.2, 0.25) is 0 Å². The summed E-state index contributed by atoms with van der Waals surface area (Å²) in [6.45, 7) is 2.51. The standard InChI is InChI=1S/C20H28N2O4/c1-12-18(22-17(11-21-12)19(23)24)15-7-3-13(4-8-15)14-5-9-16(10-6-14)20(25)26-2/h3-4,7-8,12,14,16-18,21-22H,5-6,9-11H2,1-2H3,(H,23,24). The normalized spacial score (nSPS) is 32.0. The van der Waals surface area contributed by atoms with Crippen molar-refractivity contribution in [2.75, 3.05) is 13.7 Å². The van der Waals surface area contributed by atoms with Crippen LogP contribution in [0.4, 0.5) is 0 Å². The van der Waals surface area contributed by atoms with E-state index in [1.54, 1.807) is 0 Å². The lowest BCUT2D eigenvalue weighted by molar-refractivity contribution is -0.146. The number of benzene rings is 1. The topological polar surface area (TPSA) is 87.7 Å². The van der Waals surface area contributed by atoms with Crippen molar-refractivity contribution < 1.29 is 19.4 Å². The predicted octanol–water partition coefficient (Wildman–Crippen LogP) is 2.21. The molecule has 2 aliphatic rings. The van der Waals surface area contributed by atoms with Crippen LogP contribution in [0.1, 0.15) is 55.7 Å². The third-order valence-corrected chi connectivity index (χ3v) is 5.85. The van der Waals surface area contributed by atoms with Gasteiger partial charge in [-0.1, -0.05) is 24.3 Å². The summed E-state index contributed by atoms with van der Waals surface area (Å²) in [4.78, 5) is 22.9. The largest absolute Gasteiger partial charge is 0.480 e. The molecule has 1 aliphatic carbocycles. The Morgan fingerprint density at radius 2 is 1.69 bits per heavy atom. The van der Waals surface area contributed by atoms with Crippen LogP contribution in [0.3, 0.4) is 0 Å². The Balaban J connectivity index is 1.63. The summed E-state index contributed by atoms with van der Waals surface area (Å²) >= 11 is 0. The van der Waals surface area contributed by atoms with Crippen LogP contribution in [0.5, 0.6) is 0 Å². The fourth-order valence-corrected chi connectivity index (χ4v) is 4.19. The Morgan fingerprint density at radius 1 is 1.08 bits per heavy atom. The van der Waals surface area contributed by atoms with Crippen LogP contribution >= 0.6 is 0 Å². The number of hydrogen-bond acceptors (Lipinski definition) is 5. The fraction of sp³-hybridized carbons (Fsp3) is 0.600. The first-order valence-corrected chi connectivity index (χ1v) is 9.39. The van der Waals surface area contributed by atoms with Gasteiger partial charge in [-0.3, -0.25) is 14.9 Å². The van der Waals surface area contributed by atoms with Crippen LogP contribution in [0.25, 0.3) is 0 Å². The highest BCUT2D eigenvalue weighted by molar-refractivity contribution is 5.74. The molecule has 1 aliphatic heterocycles. The summed E-state index contributed by atoms with van der Waals surface area (Å²) in [6, 6.07) is 8.09. The van der Waals surface area contributed by atoms with Crippen molar-refractivity contribution in [3.63, 3.8) is 0 Å². The second-order valence-electron chi connectivity index (χ2n) is 7.47. The van der Waals surface area contributed by atoms with Gasteiger partial charge in [0, 0.05) is 18.6 Å². The van der Waals surface area contributed by atoms with Crippen molar-refractivity contribution in [2.24, 2.45) is 5.92 Å². The maximum atomic E-state index is 11.7. The van der Waals surface area contributed by atoms with E-state index < -0.39 is 12.0 Å². The number of esters is 1. The zero-order valence-electron chi connectivity index (χ0n) is 15.4. The lowest BCUT2D eigenvalue weighted by atomic mass is 9.78. The average molecular weight is 360 g/mol. The van der Waals surface area contributed by atoms with E-state index in [0.717, 1.165) is 31.2 Å². The third-order valence-electron chi connectivity index (χ3n) is 5.85. The van der Waals surface area contributed by atoms with Gasteiger partial charge in [0.1, 0.15) is 6.04 Å². The van der Waals surface area contributed by atoms with E-state index in [9.17, 15) is 14.7 Å². The maximum Gasteiger partial charge on any atom is 0.322 e. The first-order valence-electron chi connectivity index (χ1n) is 9.39. The Kier molecular flexibility index (Phi) is 5.94. The van der Waals surface area contributed by atoms with Gasteiger partial charge in [-0.25, -0.2) is 0 Å². The lowest BCUT2D eigenvalue weighted by Gasteiger charge is -2.35. The van der Waals surface area contributed by atoms with E-state index in [-0.39, 0.29) is 24.0 Å². The third kappa shape index (κ3) is 4.07. The van der Waals surface area contributed by atoms with Crippen LogP contribution in [0.2, 0.25) is 0 Å². The number of aliphatic carboxylic acids is 1. The van der Waals surface area contributed by atoms with Gasteiger partial charge in [0.25, 0.3) is 0 Å². The van der Waals surface area contributed by atoms with Crippen molar-refractivity contribution in [3.8, 4) is 0 Å². The van der Waals surface area contributed by atoms with Crippen LogP contribution in [0.15, 0.2) is 24.3 Å². The molecule has 26 heavy (non-hydrogen) atoms. The molecule has 1 aromatic carbocycles. The van der Waals surface area contributed by atoms with E-state index in [4.69, 9.17) is 4.74 Å². The average Bonchev–Trinajstić information content (AvgIpc) is 2.68. The van der Waals surface area contributed by atoms with Gasteiger partial charge in [-0.2, -0.15) is 0 Å². The molecule has 0 aromatic heterocycles. The number of methoxy groups -OCH3 is 1. The predicted molar refractivity (Wildman–Crippen MR) is 97.9 cm³/mol. The summed E-state index contributed by atoms with van der Waals surface area (Å²) in [5.74, 6) is -0.390. The molecule has 142 valence electrons. The lowest BCUT2D eigenvalue weighted by Crippen LogP contribution is -2.57. The number of hydrogen-bond donors (Lipinski definition) is 3. The molecule has 0 amide bonds. The van der Waals surface area contributed by atoms with Crippen molar-refractivity contribution in [1.82, 2.24) is 10.6 Å². The van der Waals surface area contributed by atoms with E-state index in [1.165, 1.54) is 12.7 Å². The first kappa shape index (κ1) is 18.9. The molecule has 6 nitrogen and oxygen atoms in total. The highest BCUT2D eigenvalue weighted by Gasteiger charge is 2.32. The van der Waals surface area contributed by atoms with Crippen molar-refractivity contribution in [3.05, 3.63) is 35.4 Å². The molecule has 1 heterocycles. The fourth-order valence-electron chi connectivity index (χ4n) is 4.19. The first-order chi connectivity index (χ1) is 12.5. The number of carboxylic acids is 1. The van der Waals surface area contributed by atoms with Crippen molar-refractivity contribution in [2.45, 2.75) is 56.7 Å². The minimum atomic E-state index is -0.826. The van der Waals surface area contributed by atoms with Gasteiger partial charge in [-0.15, -0.1) is 0 Å². The molecule has 1 saturated carbocycles. The van der Waals surface area contributed by atoms with E-state index in [1.807, 2.05) is 0 Å². The zero-order valence-corrected chi connectivity index (χ0v) is 15.4. The summed E-state index contributed by atoms with van der Waals surface area (Å²) in [5.41, 5.74) is 2.39. The molecule has 2 fully saturated rings. The highest BCUT2D eigenvalue weighted by atomic mass is 16.5. The van der Waals surface area contributed by atoms with Crippen LogP contribution in [-0.4, -0.2) is 42.8 Å². The number of nitrogens with one attached hydrogen (secondary N) is 2. The quantitative estimate of drug-likeness (QED) is 0.714. The second-order valence-corrected chi connectivity index (χ2v) is 7.47. The Hall–Kier alpha value is -1.92. The number of ether oxygens (including phenoxy) is 1. The second kappa shape index (κ2) is 8.18. The van der Waals surface area contributed by atoms with Crippen LogP contribution in [-0.2, 0) is 14.3 Å². The molecule has 1 saturated heterocycles. The number of rotatable bonds is 4. The van der Waals surface area contributed by atoms with Gasteiger partial charge in [0.15, 0.2) is 0 Å². The SMILES string of the molecule is COC(=O)C1CCC(c2ccc(C3NC(C(=O)O)CNC3C)cc2)CC1. The Morgan fingerprint density at radius 3 is 2.27 bits per heavy atom. The van der Waals surface area contributed by atoms with Crippen molar-refractivity contribution >= 4 is 11.9 Å². The smallest absolute Gasteiger partial charge is 0.322 e. The van der Waals surface area contributed by atoms with E-state index in [2.05, 4.69) is 41.8 Å². The highest BCUT2D eigenvalue weighted by Crippen LogP contribution is 2.36. The molecule has 3 unspecified atom stereocenters. The molecule has 0 bridgehead atoms. The molecule has 1 aromatic rings. The number of carboxylic acid groups (broad SMARTS) is 1. The maximum absolute atomic E-state index is 11.7.